The van der Waals surface area contributed by atoms with Crippen molar-refractivity contribution in [1.29, 1.82) is 0 Å². The lowest BCUT2D eigenvalue weighted by Crippen LogP contribution is -2.21. The Balaban J connectivity index is 2.05. The van der Waals surface area contributed by atoms with Crippen molar-refractivity contribution in [1.82, 2.24) is 4.57 Å². The average Bonchev–Trinajstić information content (AvgIpc) is 2.48. The molecule has 2 rings (SSSR count). The van der Waals surface area contributed by atoms with Crippen molar-refractivity contribution in [2.24, 2.45) is 0 Å². The van der Waals surface area contributed by atoms with Gasteiger partial charge in [0.25, 0.3) is 5.56 Å². The summed E-state index contributed by atoms with van der Waals surface area (Å²) in [7, 11) is 1.62. The van der Waals surface area contributed by atoms with Gasteiger partial charge in [0.05, 0.1) is 12.3 Å². The van der Waals surface area contributed by atoms with Gasteiger partial charge in [-0.2, -0.15) is 0 Å². The fraction of sp³-hybridized carbons (Fsp3) is 0.312. The summed E-state index contributed by atoms with van der Waals surface area (Å²) in [5.41, 5.74) is 3.02. The van der Waals surface area contributed by atoms with Gasteiger partial charge in [0.15, 0.2) is 0 Å². The van der Waals surface area contributed by atoms with E-state index >= 15 is 0 Å². The normalized spacial score (nSPS) is 10.6. The van der Waals surface area contributed by atoms with E-state index in [-0.39, 0.29) is 5.56 Å². The van der Waals surface area contributed by atoms with Gasteiger partial charge >= 0.3 is 0 Å². The van der Waals surface area contributed by atoms with E-state index in [1.807, 2.05) is 25.1 Å². The van der Waals surface area contributed by atoms with Crippen molar-refractivity contribution in [2.75, 3.05) is 19.0 Å². The minimum Gasteiger partial charge on any atom is -0.383 e. The van der Waals surface area contributed by atoms with E-state index < -0.39 is 0 Å². The Morgan fingerprint density at radius 3 is 2.81 bits per heavy atom. The number of anilines is 1. The van der Waals surface area contributed by atoms with Crippen LogP contribution in [0.1, 0.15) is 11.1 Å². The Hall–Kier alpha value is -1.78. The van der Waals surface area contributed by atoms with Crippen molar-refractivity contribution >= 4 is 17.3 Å². The van der Waals surface area contributed by atoms with E-state index in [1.165, 1.54) is 0 Å². The number of ether oxygens (including phenoxy) is 1. The molecule has 1 aromatic carbocycles. The highest BCUT2D eigenvalue weighted by molar-refractivity contribution is 6.31. The smallest absolute Gasteiger partial charge is 0.250 e. The molecule has 1 heterocycles. The van der Waals surface area contributed by atoms with Crippen LogP contribution in [0.3, 0.4) is 0 Å². The Morgan fingerprint density at radius 2 is 2.10 bits per heavy atom. The van der Waals surface area contributed by atoms with E-state index in [9.17, 15) is 4.79 Å². The van der Waals surface area contributed by atoms with Gasteiger partial charge in [0.1, 0.15) is 0 Å². The zero-order chi connectivity index (χ0) is 15.2. The molecule has 0 fully saturated rings. The molecule has 0 spiro atoms. The number of rotatable bonds is 6. The molecule has 0 amide bonds. The molecule has 112 valence electrons. The number of hydrogen-bond donors (Lipinski definition) is 1. The van der Waals surface area contributed by atoms with Crippen LogP contribution >= 0.6 is 11.6 Å². The highest BCUT2D eigenvalue weighted by Crippen LogP contribution is 2.17. The lowest BCUT2D eigenvalue weighted by molar-refractivity contribution is 0.186. The van der Waals surface area contributed by atoms with Crippen molar-refractivity contribution in [3.63, 3.8) is 0 Å². The molecule has 21 heavy (non-hydrogen) atoms. The van der Waals surface area contributed by atoms with E-state index in [0.29, 0.717) is 19.7 Å². The Morgan fingerprint density at radius 1 is 1.29 bits per heavy atom. The number of aryl methyl sites for hydroxylation is 1. The second kappa shape index (κ2) is 7.29. The summed E-state index contributed by atoms with van der Waals surface area (Å²) in [5.74, 6) is 0. The van der Waals surface area contributed by atoms with Crippen molar-refractivity contribution in [2.45, 2.75) is 20.0 Å². The van der Waals surface area contributed by atoms with Crippen LogP contribution in [0.2, 0.25) is 5.02 Å². The Labute approximate surface area is 129 Å². The fourth-order valence-electron chi connectivity index (χ4n) is 1.95. The maximum atomic E-state index is 11.7. The molecule has 0 atom stereocenters. The average molecular weight is 307 g/mol. The van der Waals surface area contributed by atoms with Gasteiger partial charge in [-0.15, -0.1) is 0 Å². The largest absolute Gasteiger partial charge is 0.383 e. The van der Waals surface area contributed by atoms with Crippen LogP contribution in [-0.2, 0) is 17.8 Å². The third kappa shape index (κ3) is 4.34. The van der Waals surface area contributed by atoms with Crippen LogP contribution in [0.25, 0.3) is 0 Å². The van der Waals surface area contributed by atoms with Gasteiger partial charge in [-0.25, -0.2) is 0 Å². The van der Waals surface area contributed by atoms with Crippen LogP contribution in [-0.4, -0.2) is 18.3 Å². The number of hydrogen-bond acceptors (Lipinski definition) is 3. The number of benzene rings is 1. The first-order valence-corrected chi connectivity index (χ1v) is 7.16. The van der Waals surface area contributed by atoms with Crippen LogP contribution < -0.4 is 10.9 Å². The third-order valence-electron chi connectivity index (χ3n) is 3.25. The predicted octanol–water partition coefficient (Wildman–Crippen LogP) is 3.07. The molecule has 0 bridgehead atoms. The molecule has 1 N–H and O–H groups in total. The molecule has 0 saturated heterocycles. The van der Waals surface area contributed by atoms with Crippen LogP contribution in [0.5, 0.6) is 0 Å². The third-order valence-corrected chi connectivity index (χ3v) is 3.66. The second-order valence-electron chi connectivity index (χ2n) is 4.88. The van der Waals surface area contributed by atoms with E-state index in [0.717, 1.165) is 21.8 Å². The lowest BCUT2D eigenvalue weighted by atomic mass is 10.1. The van der Waals surface area contributed by atoms with Crippen LogP contribution in [0.15, 0.2) is 41.3 Å². The van der Waals surface area contributed by atoms with Crippen molar-refractivity contribution in [3.05, 3.63) is 63.0 Å². The van der Waals surface area contributed by atoms with Gasteiger partial charge in [-0.1, -0.05) is 23.7 Å². The Bertz CT molecular complexity index is 668. The number of methoxy groups -OCH3 is 1. The van der Waals surface area contributed by atoms with E-state index in [1.54, 1.807) is 30.0 Å². The SMILES string of the molecule is COCCn1cc(NCc2ccc(C)c(Cl)c2)ccc1=O. The monoisotopic (exact) mass is 306 g/mol. The molecule has 0 radical (unpaired) electrons. The zero-order valence-electron chi connectivity index (χ0n) is 12.2. The molecule has 0 saturated carbocycles. The summed E-state index contributed by atoms with van der Waals surface area (Å²) in [6, 6.07) is 9.32. The van der Waals surface area contributed by atoms with Crippen molar-refractivity contribution in [3.8, 4) is 0 Å². The maximum absolute atomic E-state index is 11.7. The standard InChI is InChI=1S/C16H19ClN2O2/c1-12-3-4-13(9-15(12)17)10-18-14-5-6-16(20)19(11-14)7-8-21-2/h3-6,9,11,18H,7-8,10H2,1-2H3. The molecule has 4 nitrogen and oxygen atoms in total. The molecular formula is C16H19ClN2O2. The molecular weight excluding hydrogens is 288 g/mol. The van der Waals surface area contributed by atoms with Gasteiger partial charge in [-0.3, -0.25) is 4.79 Å². The quantitative estimate of drug-likeness (QED) is 0.892. The highest BCUT2D eigenvalue weighted by Gasteiger charge is 2.01. The predicted molar refractivity (Wildman–Crippen MR) is 86.1 cm³/mol. The highest BCUT2D eigenvalue weighted by atomic mass is 35.5. The summed E-state index contributed by atoms with van der Waals surface area (Å²) in [5, 5.41) is 4.06. The first-order valence-electron chi connectivity index (χ1n) is 6.78. The summed E-state index contributed by atoms with van der Waals surface area (Å²) >= 11 is 6.11. The topological polar surface area (TPSA) is 43.3 Å². The first-order chi connectivity index (χ1) is 10.1. The summed E-state index contributed by atoms with van der Waals surface area (Å²) in [4.78, 5) is 11.7. The minimum atomic E-state index is -0.0315. The molecule has 5 heteroatoms. The van der Waals surface area contributed by atoms with Crippen molar-refractivity contribution < 1.29 is 4.74 Å². The molecule has 0 aliphatic heterocycles. The number of halogens is 1. The van der Waals surface area contributed by atoms with Gasteiger partial charge < -0.3 is 14.6 Å². The minimum absolute atomic E-state index is 0.0315. The lowest BCUT2D eigenvalue weighted by Gasteiger charge is -2.10. The molecule has 1 aromatic heterocycles. The van der Waals surface area contributed by atoms with E-state index in [4.69, 9.17) is 16.3 Å². The second-order valence-corrected chi connectivity index (χ2v) is 5.29. The molecule has 0 aliphatic rings. The van der Waals surface area contributed by atoms with Gasteiger partial charge in [-0.05, 0) is 30.2 Å². The first kappa shape index (κ1) is 15.6. The molecule has 2 aromatic rings. The summed E-state index contributed by atoms with van der Waals surface area (Å²) in [6.45, 7) is 3.69. The zero-order valence-corrected chi connectivity index (χ0v) is 13.0. The van der Waals surface area contributed by atoms with E-state index in [2.05, 4.69) is 5.32 Å². The number of nitrogens with zero attached hydrogens (tertiary/aromatic N) is 1. The summed E-state index contributed by atoms with van der Waals surface area (Å²) < 4.78 is 6.63. The maximum Gasteiger partial charge on any atom is 0.250 e. The molecule has 0 aliphatic carbocycles. The fourth-order valence-corrected chi connectivity index (χ4v) is 2.15. The van der Waals surface area contributed by atoms with Crippen LogP contribution in [0.4, 0.5) is 5.69 Å². The number of pyridine rings is 1. The summed E-state index contributed by atoms with van der Waals surface area (Å²) in [6.07, 6.45) is 1.80. The van der Waals surface area contributed by atoms with Crippen LogP contribution in [0, 0.1) is 6.92 Å². The molecule has 0 unspecified atom stereocenters. The number of nitrogens with one attached hydrogen (secondary N) is 1. The number of aromatic nitrogens is 1. The Kier molecular flexibility index (Phi) is 5.42. The van der Waals surface area contributed by atoms with Gasteiger partial charge in [0, 0.05) is 37.5 Å². The van der Waals surface area contributed by atoms with Gasteiger partial charge in [0.2, 0.25) is 0 Å².